The van der Waals surface area contributed by atoms with Gasteiger partial charge in [-0.1, -0.05) is 12.1 Å². The predicted octanol–water partition coefficient (Wildman–Crippen LogP) is 3.25. The van der Waals surface area contributed by atoms with Gasteiger partial charge in [0.1, 0.15) is 5.75 Å². The van der Waals surface area contributed by atoms with Gasteiger partial charge >= 0.3 is 11.8 Å². The Morgan fingerprint density at radius 2 is 1.48 bits per heavy atom. The summed E-state index contributed by atoms with van der Waals surface area (Å²) < 4.78 is 5.60. The normalized spacial score (nSPS) is 10.2. The number of Topliss-reactive ketones (excluding diaryl/α,β-unsaturated/α-hetero) is 1. The van der Waals surface area contributed by atoms with Crippen molar-refractivity contribution in [2.24, 2.45) is 0 Å². The number of para-hydroxylation sites is 2. The fourth-order valence-corrected chi connectivity index (χ4v) is 2.08. The van der Waals surface area contributed by atoms with Gasteiger partial charge in [0.15, 0.2) is 5.78 Å². The molecule has 2 amide bonds. The Morgan fingerprint density at radius 1 is 0.880 bits per heavy atom. The number of hydrogen-bond acceptors (Lipinski definition) is 4. The Balaban J connectivity index is 2.03. The van der Waals surface area contributed by atoms with Crippen molar-refractivity contribution in [3.63, 3.8) is 0 Å². The van der Waals surface area contributed by atoms with Crippen molar-refractivity contribution in [3.05, 3.63) is 54.1 Å². The van der Waals surface area contributed by atoms with Crippen molar-refractivity contribution >= 4 is 29.0 Å². The van der Waals surface area contributed by atoms with Crippen molar-refractivity contribution < 1.29 is 19.1 Å². The SMILES string of the molecule is CC(=O)c1ccc(NC(=O)C(=O)Nc2ccccc2OC(C)C)cc1. The standard InChI is InChI=1S/C19H20N2O4/c1-12(2)25-17-7-5-4-6-16(17)21-19(24)18(23)20-15-10-8-14(9-11-15)13(3)22/h4-12H,1-3H3,(H,20,23)(H,21,24). The van der Waals surface area contributed by atoms with Crippen molar-refractivity contribution in [2.75, 3.05) is 10.6 Å². The zero-order valence-corrected chi connectivity index (χ0v) is 14.3. The van der Waals surface area contributed by atoms with Crippen LogP contribution in [0, 0.1) is 0 Å². The van der Waals surface area contributed by atoms with E-state index in [0.717, 1.165) is 0 Å². The Bertz CT molecular complexity index is 782. The highest BCUT2D eigenvalue weighted by Crippen LogP contribution is 2.24. The third kappa shape index (κ3) is 5.17. The summed E-state index contributed by atoms with van der Waals surface area (Å²) in [5.74, 6) is -1.20. The lowest BCUT2D eigenvalue weighted by Crippen LogP contribution is -2.29. The van der Waals surface area contributed by atoms with Crippen LogP contribution in [0.2, 0.25) is 0 Å². The molecule has 0 radical (unpaired) electrons. The molecule has 2 aromatic rings. The van der Waals surface area contributed by atoms with Gasteiger partial charge in [-0.05, 0) is 57.2 Å². The average Bonchev–Trinajstić information content (AvgIpc) is 2.56. The summed E-state index contributed by atoms with van der Waals surface area (Å²) in [6, 6.07) is 13.2. The van der Waals surface area contributed by atoms with Crippen LogP contribution in [0.5, 0.6) is 5.75 Å². The average molecular weight is 340 g/mol. The molecule has 0 spiro atoms. The van der Waals surface area contributed by atoms with Crippen LogP contribution in [0.4, 0.5) is 11.4 Å². The molecule has 0 saturated carbocycles. The number of rotatable bonds is 5. The van der Waals surface area contributed by atoms with Crippen molar-refractivity contribution in [3.8, 4) is 5.75 Å². The van der Waals surface area contributed by atoms with Crippen molar-refractivity contribution in [2.45, 2.75) is 26.9 Å². The molecule has 0 aliphatic heterocycles. The molecule has 0 heterocycles. The predicted molar refractivity (Wildman–Crippen MR) is 95.9 cm³/mol. The first kappa shape index (κ1) is 18.2. The van der Waals surface area contributed by atoms with Gasteiger partial charge in [0.05, 0.1) is 11.8 Å². The van der Waals surface area contributed by atoms with Crippen LogP contribution in [0.15, 0.2) is 48.5 Å². The highest BCUT2D eigenvalue weighted by molar-refractivity contribution is 6.43. The van der Waals surface area contributed by atoms with Gasteiger partial charge in [0, 0.05) is 11.3 Å². The monoisotopic (exact) mass is 340 g/mol. The topological polar surface area (TPSA) is 84.5 Å². The molecular formula is C19H20N2O4. The van der Waals surface area contributed by atoms with Crippen LogP contribution < -0.4 is 15.4 Å². The number of nitrogens with one attached hydrogen (secondary N) is 2. The summed E-state index contributed by atoms with van der Waals surface area (Å²) in [5.41, 5.74) is 1.38. The van der Waals surface area contributed by atoms with E-state index < -0.39 is 11.8 Å². The van der Waals surface area contributed by atoms with Gasteiger partial charge in [0.2, 0.25) is 0 Å². The van der Waals surface area contributed by atoms with Crippen molar-refractivity contribution in [1.82, 2.24) is 0 Å². The third-order valence-corrected chi connectivity index (χ3v) is 3.25. The molecule has 2 aromatic carbocycles. The largest absolute Gasteiger partial charge is 0.489 e. The summed E-state index contributed by atoms with van der Waals surface area (Å²) in [4.78, 5) is 35.4. The van der Waals surface area contributed by atoms with Gasteiger partial charge in [-0.15, -0.1) is 0 Å². The number of hydrogen-bond donors (Lipinski definition) is 2. The van der Waals surface area contributed by atoms with Crippen LogP contribution in [-0.4, -0.2) is 23.7 Å². The molecule has 0 fully saturated rings. The fourth-order valence-electron chi connectivity index (χ4n) is 2.08. The van der Waals surface area contributed by atoms with E-state index in [-0.39, 0.29) is 11.9 Å². The molecule has 2 N–H and O–H groups in total. The maximum Gasteiger partial charge on any atom is 0.314 e. The highest BCUT2D eigenvalue weighted by atomic mass is 16.5. The van der Waals surface area contributed by atoms with E-state index in [1.54, 1.807) is 48.5 Å². The van der Waals surface area contributed by atoms with Gasteiger partial charge in [0.25, 0.3) is 0 Å². The van der Waals surface area contributed by atoms with Crippen LogP contribution in [0.25, 0.3) is 0 Å². The number of benzene rings is 2. The zero-order chi connectivity index (χ0) is 18.4. The first-order valence-electron chi connectivity index (χ1n) is 7.86. The molecule has 0 bridgehead atoms. The molecule has 0 atom stereocenters. The van der Waals surface area contributed by atoms with Crippen LogP contribution >= 0.6 is 0 Å². The lowest BCUT2D eigenvalue weighted by molar-refractivity contribution is -0.133. The highest BCUT2D eigenvalue weighted by Gasteiger charge is 2.16. The Kier molecular flexibility index (Phi) is 5.89. The molecule has 130 valence electrons. The van der Waals surface area contributed by atoms with Gasteiger partial charge in [-0.3, -0.25) is 14.4 Å². The number of carbonyl (C=O) groups is 3. The number of anilines is 2. The number of amides is 2. The minimum absolute atomic E-state index is 0.0633. The lowest BCUT2D eigenvalue weighted by atomic mass is 10.1. The summed E-state index contributed by atoms with van der Waals surface area (Å²) in [5, 5.41) is 5.02. The Hall–Kier alpha value is -3.15. The Labute approximate surface area is 146 Å². The fraction of sp³-hybridized carbons (Fsp3) is 0.211. The summed E-state index contributed by atoms with van der Waals surface area (Å²) >= 11 is 0. The Morgan fingerprint density at radius 3 is 2.08 bits per heavy atom. The molecule has 0 aromatic heterocycles. The van der Waals surface area contributed by atoms with E-state index in [4.69, 9.17) is 4.74 Å². The summed E-state index contributed by atoms with van der Waals surface area (Å²) in [7, 11) is 0. The van der Waals surface area contributed by atoms with Crippen molar-refractivity contribution in [1.29, 1.82) is 0 Å². The molecule has 6 nitrogen and oxygen atoms in total. The second-order valence-electron chi connectivity index (χ2n) is 5.70. The second-order valence-corrected chi connectivity index (χ2v) is 5.70. The van der Waals surface area contributed by atoms with Gasteiger partial charge in [-0.2, -0.15) is 0 Å². The summed E-state index contributed by atoms with van der Waals surface area (Å²) in [6.45, 7) is 5.20. The van der Waals surface area contributed by atoms with E-state index in [9.17, 15) is 14.4 Å². The maximum atomic E-state index is 12.1. The smallest absolute Gasteiger partial charge is 0.314 e. The van der Waals surface area contributed by atoms with Gasteiger partial charge in [-0.25, -0.2) is 0 Å². The van der Waals surface area contributed by atoms with E-state index in [0.29, 0.717) is 22.7 Å². The second kappa shape index (κ2) is 8.10. The number of carbonyl (C=O) groups excluding carboxylic acids is 3. The summed E-state index contributed by atoms with van der Waals surface area (Å²) in [6.07, 6.45) is -0.0633. The third-order valence-electron chi connectivity index (χ3n) is 3.25. The molecule has 0 unspecified atom stereocenters. The maximum absolute atomic E-state index is 12.1. The first-order chi connectivity index (χ1) is 11.9. The molecular weight excluding hydrogens is 320 g/mol. The van der Waals surface area contributed by atoms with Crippen LogP contribution in [-0.2, 0) is 9.59 Å². The molecule has 0 aliphatic rings. The number of ether oxygens (including phenoxy) is 1. The molecule has 0 saturated heterocycles. The number of ketones is 1. The van der Waals surface area contributed by atoms with Crippen LogP contribution in [0.1, 0.15) is 31.1 Å². The van der Waals surface area contributed by atoms with E-state index >= 15 is 0 Å². The quantitative estimate of drug-likeness (QED) is 0.646. The van der Waals surface area contributed by atoms with Crippen LogP contribution in [0.3, 0.4) is 0 Å². The first-order valence-corrected chi connectivity index (χ1v) is 7.86. The van der Waals surface area contributed by atoms with E-state index in [1.165, 1.54) is 6.92 Å². The lowest BCUT2D eigenvalue weighted by Gasteiger charge is -2.14. The molecule has 0 aliphatic carbocycles. The minimum Gasteiger partial charge on any atom is -0.489 e. The molecule has 25 heavy (non-hydrogen) atoms. The zero-order valence-electron chi connectivity index (χ0n) is 14.3. The van der Waals surface area contributed by atoms with E-state index in [2.05, 4.69) is 10.6 Å². The molecule has 2 rings (SSSR count). The molecule has 6 heteroatoms. The van der Waals surface area contributed by atoms with Gasteiger partial charge < -0.3 is 15.4 Å². The van der Waals surface area contributed by atoms with E-state index in [1.807, 2.05) is 13.8 Å². The minimum atomic E-state index is -0.810.